The Bertz CT molecular complexity index is 1060. The largest absolute Gasteiger partial charge is 0.417 e. The third kappa shape index (κ3) is 4.91. The molecule has 1 aliphatic rings. The van der Waals surface area contributed by atoms with Crippen molar-refractivity contribution in [1.29, 1.82) is 0 Å². The van der Waals surface area contributed by atoms with Gasteiger partial charge in [0.25, 0.3) is 0 Å². The van der Waals surface area contributed by atoms with E-state index in [1.165, 1.54) is 12.1 Å². The van der Waals surface area contributed by atoms with Crippen LogP contribution >= 0.6 is 11.6 Å². The highest BCUT2D eigenvalue weighted by atomic mass is 35.5. The third-order valence-corrected chi connectivity index (χ3v) is 5.40. The zero-order valence-corrected chi connectivity index (χ0v) is 17.2. The van der Waals surface area contributed by atoms with Gasteiger partial charge in [-0.15, -0.1) is 0 Å². The molecule has 5 nitrogen and oxygen atoms in total. The molecule has 1 fully saturated rings. The van der Waals surface area contributed by atoms with Crippen molar-refractivity contribution in [1.82, 2.24) is 9.97 Å². The number of aliphatic hydroxyl groups excluding tert-OH is 1. The molecule has 1 atom stereocenters. The molecule has 1 aliphatic heterocycles. The first-order valence-electron chi connectivity index (χ1n) is 9.79. The number of hydrogen-bond donors (Lipinski definition) is 2. The molecular weight excluding hydrogens is 429 g/mol. The second kappa shape index (κ2) is 8.72. The summed E-state index contributed by atoms with van der Waals surface area (Å²) in [6, 6.07) is 14.4. The fraction of sp³-hybridized carbons (Fsp3) is 0.273. The van der Waals surface area contributed by atoms with Crippen molar-refractivity contribution in [3.63, 3.8) is 0 Å². The number of halogens is 4. The first-order valence-corrected chi connectivity index (χ1v) is 10.2. The van der Waals surface area contributed by atoms with Gasteiger partial charge < -0.3 is 15.3 Å². The van der Waals surface area contributed by atoms with Crippen molar-refractivity contribution in [2.24, 2.45) is 0 Å². The second-order valence-electron chi connectivity index (χ2n) is 7.28. The Kier molecular flexibility index (Phi) is 6.02. The predicted molar refractivity (Wildman–Crippen MR) is 114 cm³/mol. The van der Waals surface area contributed by atoms with Crippen molar-refractivity contribution in [2.75, 3.05) is 29.9 Å². The lowest BCUT2D eigenvalue weighted by atomic mass is 10.1. The summed E-state index contributed by atoms with van der Waals surface area (Å²) in [7, 11) is 0. The summed E-state index contributed by atoms with van der Waals surface area (Å²) in [6.07, 6.45) is -4.24. The molecule has 1 saturated heterocycles. The molecule has 2 N–H and O–H groups in total. The van der Waals surface area contributed by atoms with Crippen LogP contribution in [0.25, 0.3) is 11.3 Å². The smallest absolute Gasteiger partial charge is 0.387 e. The van der Waals surface area contributed by atoms with Gasteiger partial charge >= 0.3 is 6.18 Å². The van der Waals surface area contributed by atoms with Gasteiger partial charge in [0.1, 0.15) is 5.82 Å². The van der Waals surface area contributed by atoms with Gasteiger partial charge in [-0.2, -0.15) is 18.2 Å². The zero-order chi connectivity index (χ0) is 22.0. The van der Waals surface area contributed by atoms with E-state index in [0.29, 0.717) is 23.0 Å². The first-order chi connectivity index (χ1) is 14.8. The Morgan fingerprint density at radius 1 is 1.06 bits per heavy atom. The molecule has 0 aliphatic carbocycles. The number of nitrogens with zero attached hydrogens (tertiary/aromatic N) is 3. The van der Waals surface area contributed by atoms with Gasteiger partial charge in [-0.3, -0.25) is 0 Å². The number of nitrogens with one attached hydrogen (secondary N) is 1. The number of aromatic nitrogens is 2. The van der Waals surface area contributed by atoms with Crippen LogP contribution in [0.1, 0.15) is 23.7 Å². The van der Waals surface area contributed by atoms with Crippen LogP contribution < -0.4 is 10.2 Å². The molecular formula is C22H20ClF3N4O. The van der Waals surface area contributed by atoms with E-state index in [1.807, 2.05) is 35.2 Å². The summed E-state index contributed by atoms with van der Waals surface area (Å²) in [5, 5.41) is 13.1. The number of aliphatic hydroxyl groups is 1. The molecule has 3 aromatic rings. The maximum absolute atomic E-state index is 13.0. The summed E-state index contributed by atoms with van der Waals surface area (Å²) in [5.41, 5.74) is 0.777. The van der Waals surface area contributed by atoms with Crippen molar-refractivity contribution >= 4 is 23.4 Å². The van der Waals surface area contributed by atoms with Gasteiger partial charge in [0.2, 0.25) is 5.95 Å². The monoisotopic (exact) mass is 448 g/mol. The van der Waals surface area contributed by atoms with Crippen LogP contribution in [-0.4, -0.2) is 34.7 Å². The summed E-state index contributed by atoms with van der Waals surface area (Å²) in [4.78, 5) is 11.0. The molecule has 31 heavy (non-hydrogen) atoms. The van der Waals surface area contributed by atoms with Crippen LogP contribution in [0.15, 0.2) is 54.6 Å². The molecule has 2 aromatic carbocycles. The molecule has 0 saturated carbocycles. The van der Waals surface area contributed by atoms with Crippen molar-refractivity contribution in [3.05, 3.63) is 70.7 Å². The lowest BCUT2D eigenvalue weighted by Gasteiger charge is -2.31. The van der Waals surface area contributed by atoms with Crippen LogP contribution in [0.3, 0.4) is 0 Å². The molecule has 2 heterocycles. The molecule has 9 heteroatoms. The predicted octanol–water partition coefficient (Wildman–Crippen LogP) is 5.17. The minimum atomic E-state index is -4.52. The van der Waals surface area contributed by atoms with Crippen molar-refractivity contribution in [2.45, 2.75) is 18.7 Å². The van der Waals surface area contributed by atoms with Gasteiger partial charge in [0.15, 0.2) is 0 Å². The van der Waals surface area contributed by atoms with Crippen LogP contribution in [0.2, 0.25) is 5.02 Å². The summed E-state index contributed by atoms with van der Waals surface area (Å²) >= 11 is 5.89. The first kappa shape index (κ1) is 21.4. The maximum atomic E-state index is 13.0. The summed E-state index contributed by atoms with van der Waals surface area (Å²) in [6.45, 7) is 1.83. The topological polar surface area (TPSA) is 61.3 Å². The average molecular weight is 449 g/mol. The van der Waals surface area contributed by atoms with Crippen LogP contribution in [-0.2, 0) is 6.18 Å². The quantitative estimate of drug-likeness (QED) is 0.544. The molecule has 0 amide bonds. The number of hydrogen-bond acceptors (Lipinski definition) is 5. The standard InChI is InChI=1S/C22H20ClF3N4O/c23-17-11-15(7-8-16(17)22(24,25)26)18-12-20(29-21(28-18)30-9-4-10-30)27-13-19(31)14-5-2-1-3-6-14/h1-3,5-8,11-12,19,31H,4,9-10,13H2,(H,27,28,29). The Labute approximate surface area is 182 Å². The van der Waals surface area contributed by atoms with Crippen LogP contribution in [0.4, 0.5) is 24.9 Å². The average Bonchev–Trinajstić information content (AvgIpc) is 2.70. The lowest BCUT2D eigenvalue weighted by molar-refractivity contribution is -0.137. The van der Waals surface area contributed by atoms with Crippen LogP contribution in [0.5, 0.6) is 0 Å². The van der Waals surface area contributed by atoms with E-state index in [0.717, 1.165) is 31.1 Å². The maximum Gasteiger partial charge on any atom is 0.417 e. The Hall–Kier alpha value is -2.84. The third-order valence-electron chi connectivity index (χ3n) is 5.08. The normalized spacial score (nSPS) is 14.8. The minimum absolute atomic E-state index is 0.216. The fourth-order valence-corrected chi connectivity index (χ4v) is 3.52. The van der Waals surface area contributed by atoms with Crippen molar-refractivity contribution in [3.8, 4) is 11.3 Å². The Morgan fingerprint density at radius 3 is 2.42 bits per heavy atom. The lowest BCUT2D eigenvalue weighted by Crippen LogP contribution is -2.38. The van der Waals surface area contributed by atoms with Gasteiger partial charge in [0.05, 0.1) is 22.4 Å². The summed E-state index contributed by atoms with van der Waals surface area (Å²) < 4.78 is 39.1. The van der Waals surface area contributed by atoms with E-state index in [9.17, 15) is 18.3 Å². The van der Waals surface area contributed by atoms with E-state index < -0.39 is 17.8 Å². The molecule has 0 radical (unpaired) electrons. The van der Waals surface area contributed by atoms with Crippen LogP contribution in [0, 0.1) is 0 Å². The SMILES string of the molecule is OC(CNc1cc(-c2ccc(C(F)(F)F)c(Cl)c2)nc(N2CCC2)n1)c1ccccc1. The zero-order valence-electron chi connectivity index (χ0n) is 16.4. The number of rotatable bonds is 6. The van der Waals surface area contributed by atoms with E-state index in [1.54, 1.807) is 6.07 Å². The van der Waals surface area contributed by atoms with Crippen molar-refractivity contribution < 1.29 is 18.3 Å². The Morgan fingerprint density at radius 2 is 1.81 bits per heavy atom. The molecule has 0 spiro atoms. The highest BCUT2D eigenvalue weighted by Crippen LogP contribution is 2.37. The van der Waals surface area contributed by atoms with Gasteiger partial charge in [0, 0.05) is 31.3 Å². The highest BCUT2D eigenvalue weighted by molar-refractivity contribution is 6.31. The number of anilines is 2. The van der Waals surface area contributed by atoms with Gasteiger partial charge in [-0.25, -0.2) is 4.98 Å². The molecule has 1 aromatic heterocycles. The Balaban J connectivity index is 1.61. The number of benzene rings is 2. The molecule has 0 bridgehead atoms. The summed E-state index contributed by atoms with van der Waals surface area (Å²) in [5.74, 6) is 0.953. The molecule has 4 rings (SSSR count). The van der Waals surface area contributed by atoms with E-state index in [4.69, 9.17) is 11.6 Å². The number of alkyl halides is 3. The van der Waals surface area contributed by atoms with Gasteiger partial charge in [-0.05, 0) is 24.1 Å². The highest BCUT2D eigenvalue weighted by Gasteiger charge is 2.33. The van der Waals surface area contributed by atoms with E-state index in [2.05, 4.69) is 15.3 Å². The second-order valence-corrected chi connectivity index (χ2v) is 7.69. The molecule has 1 unspecified atom stereocenters. The van der Waals surface area contributed by atoms with Gasteiger partial charge in [-0.1, -0.05) is 48.0 Å². The van der Waals surface area contributed by atoms with E-state index >= 15 is 0 Å². The molecule has 162 valence electrons. The minimum Gasteiger partial charge on any atom is -0.387 e. The fourth-order valence-electron chi connectivity index (χ4n) is 3.23. The van der Waals surface area contributed by atoms with E-state index in [-0.39, 0.29) is 11.6 Å².